The van der Waals surface area contributed by atoms with Crippen LogP contribution < -0.4 is 14.2 Å². The van der Waals surface area contributed by atoms with E-state index in [1.54, 1.807) is 12.1 Å². The van der Waals surface area contributed by atoms with E-state index in [2.05, 4.69) is 11.9 Å². The molecule has 0 N–H and O–H groups in total. The number of hydrogen-bond acceptors (Lipinski definition) is 6. The Balaban J connectivity index is 1.70. The van der Waals surface area contributed by atoms with Gasteiger partial charge in [0.1, 0.15) is 24.7 Å². The summed E-state index contributed by atoms with van der Waals surface area (Å²) in [7, 11) is 1.51. The first-order valence-corrected chi connectivity index (χ1v) is 7.75. The molecule has 24 heavy (non-hydrogen) atoms. The summed E-state index contributed by atoms with van der Waals surface area (Å²) in [5.41, 5.74) is 0.369. The van der Waals surface area contributed by atoms with Gasteiger partial charge in [0.25, 0.3) is 0 Å². The Labute approximate surface area is 141 Å². The van der Waals surface area contributed by atoms with E-state index in [1.165, 1.54) is 13.3 Å². The van der Waals surface area contributed by atoms with Crippen molar-refractivity contribution >= 4 is 5.97 Å². The number of methoxy groups -OCH3 is 1. The van der Waals surface area contributed by atoms with Crippen molar-refractivity contribution in [2.45, 2.75) is 13.3 Å². The van der Waals surface area contributed by atoms with Crippen LogP contribution in [0.5, 0.6) is 17.4 Å². The molecular formula is C18H21NO5. The monoisotopic (exact) mass is 331 g/mol. The van der Waals surface area contributed by atoms with Crippen LogP contribution >= 0.6 is 0 Å². The van der Waals surface area contributed by atoms with Crippen LogP contribution in [-0.4, -0.2) is 37.9 Å². The molecule has 2 aromatic rings. The van der Waals surface area contributed by atoms with Gasteiger partial charge in [-0.1, -0.05) is 6.92 Å². The average Bonchev–Trinajstić information content (AvgIpc) is 2.64. The summed E-state index contributed by atoms with van der Waals surface area (Å²) < 4.78 is 21.1. The molecule has 0 fully saturated rings. The van der Waals surface area contributed by atoms with Crippen molar-refractivity contribution < 1.29 is 23.7 Å². The van der Waals surface area contributed by atoms with Gasteiger partial charge in [-0.2, -0.15) is 0 Å². The van der Waals surface area contributed by atoms with Gasteiger partial charge in [0, 0.05) is 12.3 Å². The second kappa shape index (κ2) is 9.39. The van der Waals surface area contributed by atoms with Gasteiger partial charge >= 0.3 is 5.97 Å². The van der Waals surface area contributed by atoms with Crippen LogP contribution in [0.2, 0.25) is 0 Å². The molecule has 0 radical (unpaired) electrons. The topological polar surface area (TPSA) is 66.9 Å². The fourth-order valence-corrected chi connectivity index (χ4v) is 1.85. The summed E-state index contributed by atoms with van der Waals surface area (Å²) in [5.74, 6) is 1.50. The Hall–Kier alpha value is -2.76. The summed E-state index contributed by atoms with van der Waals surface area (Å²) in [6.45, 7) is 3.17. The van der Waals surface area contributed by atoms with E-state index in [-0.39, 0.29) is 13.2 Å². The molecule has 0 aliphatic carbocycles. The van der Waals surface area contributed by atoms with E-state index < -0.39 is 5.97 Å². The molecule has 1 heterocycles. The first-order chi connectivity index (χ1) is 11.7. The average molecular weight is 331 g/mol. The summed E-state index contributed by atoms with van der Waals surface area (Å²) in [6, 6.07) is 10.5. The third-order valence-corrected chi connectivity index (χ3v) is 3.06. The van der Waals surface area contributed by atoms with Gasteiger partial charge in [-0.25, -0.2) is 9.78 Å². The molecule has 0 spiro atoms. The van der Waals surface area contributed by atoms with E-state index >= 15 is 0 Å². The number of nitrogens with zero attached hydrogens (tertiary/aromatic N) is 1. The van der Waals surface area contributed by atoms with Gasteiger partial charge in [-0.3, -0.25) is 0 Å². The van der Waals surface area contributed by atoms with Crippen LogP contribution in [0.4, 0.5) is 0 Å². The van der Waals surface area contributed by atoms with E-state index in [9.17, 15) is 4.79 Å². The fraction of sp³-hybridized carbons (Fsp3) is 0.333. The molecule has 0 aliphatic rings. The van der Waals surface area contributed by atoms with Crippen LogP contribution in [-0.2, 0) is 4.74 Å². The molecule has 0 saturated carbocycles. The number of carbonyl (C=O) groups excluding carboxylic acids is 1. The lowest BCUT2D eigenvalue weighted by molar-refractivity contribution is 0.0450. The molecular weight excluding hydrogens is 310 g/mol. The maximum atomic E-state index is 11.8. The third-order valence-electron chi connectivity index (χ3n) is 3.06. The largest absolute Gasteiger partial charge is 0.494 e. The number of benzene rings is 1. The predicted octanol–water partition coefficient (Wildman–Crippen LogP) is 3.11. The van der Waals surface area contributed by atoms with E-state index in [4.69, 9.17) is 18.9 Å². The summed E-state index contributed by atoms with van der Waals surface area (Å²) in [6.07, 6.45) is 2.38. The van der Waals surface area contributed by atoms with Crippen molar-refractivity contribution in [3.63, 3.8) is 0 Å². The zero-order valence-corrected chi connectivity index (χ0v) is 13.9. The summed E-state index contributed by atoms with van der Waals surface area (Å²) in [4.78, 5) is 15.8. The van der Waals surface area contributed by atoms with Crippen molar-refractivity contribution in [1.82, 2.24) is 4.98 Å². The number of rotatable bonds is 9. The van der Waals surface area contributed by atoms with Crippen molar-refractivity contribution in [2.24, 2.45) is 0 Å². The van der Waals surface area contributed by atoms with Gasteiger partial charge in [0.05, 0.1) is 19.3 Å². The predicted molar refractivity (Wildman–Crippen MR) is 88.8 cm³/mol. The van der Waals surface area contributed by atoms with Crippen molar-refractivity contribution in [3.8, 4) is 17.4 Å². The number of aromatic nitrogens is 1. The molecule has 0 atom stereocenters. The standard InChI is InChI=1S/C18H21NO5/c1-3-10-22-15-5-7-16(8-6-15)23-11-12-24-18(20)14-4-9-17(21-2)19-13-14/h4-9,13H,3,10-12H2,1-2H3. The SMILES string of the molecule is CCCOc1ccc(OCCOC(=O)c2ccc(OC)nc2)cc1. The van der Waals surface area contributed by atoms with Crippen LogP contribution in [0.25, 0.3) is 0 Å². The normalized spacial score (nSPS) is 10.1. The third kappa shape index (κ3) is 5.46. The first-order valence-electron chi connectivity index (χ1n) is 7.75. The van der Waals surface area contributed by atoms with Gasteiger partial charge in [0.2, 0.25) is 5.88 Å². The molecule has 0 saturated heterocycles. The Kier molecular flexibility index (Phi) is 6.89. The van der Waals surface area contributed by atoms with E-state index in [1.807, 2.05) is 24.3 Å². The van der Waals surface area contributed by atoms with Gasteiger partial charge < -0.3 is 18.9 Å². The minimum absolute atomic E-state index is 0.152. The molecule has 0 unspecified atom stereocenters. The molecule has 0 amide bonds. The smallest absolute Gasteiger partial charge is 0.339 e. The summed E-state index contributed by atoms with van der Waals surface area (Å²) in [5, 5.41) is 0. The van der Waals surface area contributed by atoms with Crippen LogP contribution in [0, 0.1) is 0 Å². The number of ether oxygens (including phenoxy) is 4. The second-order valence-electron chi connectivity index (χ2n) is 4.89. The Bertz CT molecular complexity index is 625. The zero-order chi connectivity index (χ0) is 17.2. The molecule has 0 bridgehead atoms. The maximum absolute atomic E-state index is 11.8. The molecule has 1 aromatic heterocycles. The van der Waals surface area contributed by atoms with E-state index in [0.29, 0.717) is 23.8 Å². The van der Waals surface area contributed by atoms with Gasteiger partial charge in [0.15, 0.2) is 0 Å². The van der Waals surface area contributed by atoms with Crippen molar-refractivity contribution in [3.05, 3.63) is 48.2 Å². The van der Waals surface area contributed by atoms with E-state index in [0.717, 1.165) is 12.2 Å². The van der Waals surface area contributed by atoms with Gasteiger partial charge in [-0.15, -0.1) is 0 Å². The highest BCUT2D eigenvalue weighted by Crippen LogP contribution is 2.17. The maximum Gasteiger partial charge on any atom is 0.339 e. The lowest BCUT2D eigenvalue weighted by Gasteiger charge is -2.09. The number of carbonyl (C=O) groups is 1. The highest BCUT2D eigenvalue weighted by atomic mass is 16.6. The molecule has 2 rings (SSSR count). The van der Waals surface area contributed by atoms with Crippen molar-refractivity contribution in [2.75, 3.05) is 26.9 Å². The van der Waals surface area contributed by atoms with Crippen molar-refractivity contribution in [1.29, 1.82) is 0 Å². The van der Waals surface area contributed by atoms with Crippen LogP contribution in [0.3, 0.4) is 0 Å². The quantitative estimate of drug-likeness (QED) is 0.519. The Morgan fingerprint density at radius 1 is 0.958 bits per heavy atom. The fourth-order valence-electron chi connectivity index (χ4n) is 1.85. The zero-order valence-electron chi connectivity index (χ0n) is 13.9. The Morgan fingerprint density at radius 2 is 1.62 bits per heavy atom. The Morgan fingerprint density at radius 3 is 2.17 bits per heavy atom. The lowest BCUT2D eigenvalue weighted by atomic mass is 10.3. The number of pyridine rings is 1. The number of hydrogen-bond donors (Lipinski definition) is 0. The number of esters is 1. The highest BCUT2D eigenvalue weighted by Gasteiger charge is 2.08. The minimum atomic E-state index is -0.447. The molecule has 6 heteroatoms. The lowest BCUT2D eigenvalue weighted by Crippen LogP contribution is -2.12. The first kappa shape index (κ1) is 17.6. The molecule has 1 aromatic carbocycles. The van der Waals surface area contributed by atoms with Crippen LogP contribution in [0.15, 0.2) is 42.6 Å². The van der Waals surface area contributed by atoms with Crippen LogP contribution in [0.1, 0.15) is 23.7 Å². The highest BCUT2D eigenvalue weighted by molar-refractivity contribution is 5.89. The minimum Gasteiger partial charge on any atom is -0.494 e. The second-order valence-corrected chi connectivity index (χ2v) is 4.89. The summed E-state index contributed by atoms with van der Waals surface area (Å²) >= 11 is 0. The molecule has 0 aliphatic heterocycles. The van der Waals surface area contributed by atoms with Gasteiger partial charge in [-0.05, 0) is 36.8 Å². The molecule has 6 nitrogen and oxygen atoms in total. The molecule has 128 valence electrons.